The highest BCUT2D eigenvalue weighted by molar-refractivity contribution is 6.31. The lowest BCUT2D eigenvalue weighted by Crippen LogP contribution is -2.23. The lowest BCUT2D eigenvalue weighted by atomic mass is 9.99. The Morgan fingerprint density at radius 2 is 1.88 bits per heavy atom. The maximum atomic E-state index is 13.1. The van der Waals surface area contributed by atoms with E-state index in [9.17, 15) is 9.18 Å². The molecule has 0 radical (unpaired) electrons. The van der Waals surface area contributed by atoms with Gasteiger partial charge in [-0.25, -0.2) is 4.39 Å². The van der Waals surface area contributed by atoms with Crippen LogP contribution in [0.1, 0.15) is 21.5 Å². The third kappa shape index (κ3) is 3.14. The van der Waals surface area contributed by atoms with Gasteiger partial charge in [0.2, 0.25) is 0 Å². The predicted molar refractivity (Wildman–Crippen MR) is 94.4 cm³/mol. The van der Waals surface area contributed by atoms with E-state index in [0.29, 0.717) is 11.1 Å². The second-order valence-electron chi connectivity index (χ2n) is 5.31. The van der Waals surface area contributed by atoms with E-state index in [1.807, 2.05) is 24.3 Å². The molecule has 0 bridgehead atoms. The Balaban J connectivity index is 1.88. The minimum atomic E-state index is -0.414. The van der Waals surface area contributed by atoms with Crippen molar-refractivity contribution >= 4 is 34.5 Å². The number of nitrogens with one attached hydrogen (secondary N) is 2. The maximum Gasteiger partial charge on any atom is 0.252 e. The monoisotopic (exact) mass is 340 g/mol. The van der Waals surface area contributed by atoms with Gasteiger partial charge in [0.1, 0.15) is 5.82 Å². The molecule has 0 aliphatic heterocycles. The Hall–Kier alpha value is -2.72. The van der Waals surface area contributed by atoms with E-state index in [1.54, 1.807) is 18.2 Å². The van der Waals surface area contributed by atoms with Gasteiger partial charge in [-0.15, -0.1) is 0 Å². The number of amides is 1. The van der Waals surface area contributed by atoms with Crippen LogP contribution in [-0.4, -0.2) is 12.1 Å². The average Bonchev–Trinajstić information content (AvgIpc) is 2.59. The fraction of sp³-hybridized carbons (Fsp3) is 0.0526. The maximum absolute atomic E-state index is 13.1. The van der Waals surface area contributed by atoms with Crippen LogP contribution in [0.15, 0.2) is 54.6 Å². The van der Waals surface area contributed by atoms with E-state index in [0.717, 1.165) is 16.3 Å². The molecule has 0 aromatic heterocycles. The van der Waals surface area contributed by atoms with Crippen LogP contribution in [0.5, 0.6) is 0 Å². The highest BCUT2D eigenvalue weighted by atomic mass is 35.5. The Bertz CT molecular complexity index is 940. The number of carbonyl (C=O) groups excluding carboxylic acids is 1. The molecule has 0 unspecified atom stereocenters. The summed E-state index contributed by atoms with van der Waals surface area (Å²) >= 11 is 5.98. The minimum absolute atomic E-state index is 0.207. The number of halogens is 2. The zero-order valence-electron chi connectivity index (χ0n) is 12.6. The van der Waals surface area contributed by atoms with Crippen molar-refractivity contribution in [3.63, 3.8) is 0 Å². The molecule has 5 heteroatoms. The number of benzene rings is 3. The summed E-state index contributed by atoms with van der Waals surface area (Å²) < 4.78 is 13.1. The van der Waals surface area contributed by atoms with Crippen LogP contribution in [0.4, 0.5) is 4.39 Å². The first kappa shape index (κ1) is 16.1. The topological polar surface area (TPSA) is 53.0 Å². The summed E-state index contributed by atoms with van der Waals surface area (Å²) in [5.41, 5.74) is 1.92. The molecule has 0 heterocycles. The fourth-order valence-corrected chi connectivity index (χ4v) is 2.82. The molecule has 3 aromatic rings. The molecule has 0 spiro atoms. The summed E-state index contributed by atoms with van der Waals surface area (Å²) in [5.74, 6) is -0.661. The van der Waals surface area contributed by atoms with Gasteiger partial charge in [0, 0.05) is 23.3 Å². The molecule has 0 fully saturated rings. The van der Waals surface area contributed by atoms with Gasteiger partial charge in [0.15, 0.2) is 0 Å². The molecule has 0 atom stereocenters. The molecule has 3 aromatic carbocycles. The molecule has 24 heavy (non-hydrogen) atoms. The summed E-state index contributed by atoms with van der Waals surface area (Å²) in [7, 11) is 0. The minimum Gasteiger partial charge on any atom is -0.348 e. The molecule has 0 saturated carbocycles. The van der Waals surface area contributed by atoms with Gasteiger partial charge in [0.25, 0.3) is 5.91 Å². The van der Waals surface area contributed by atoms with Gasteiger partial charge in [0.05, 0.1) is 0 Å². The van der Waals surface area contributed by atoms with Crippen LogP contribution in [-0.2, 0) is 6.54 Å². The largest absolute Gasteiger partial charge is 0.348 e. The van der Waals surface area contributed by atoms with E-state index in [1.165, 1.54) is 18.3 Å². The van der Waals surface area contributed by atoms with E-state index >= 15 is 0 Å². The quantitative estimate of drug-likeness (QED) is 0.672. The molecule has 0 saturated heterocycles. The standard InChI is InChI=1S/C19H14ClFN2O/c20-18-9-14(21)7-5-13(18)11-23-19(24)17-8-6-12(10-22)15-3-1-2-4-16(15)17/h1-10,22H,11H2,(H,23,24). The summed E-state index contributed by atoms with van der Waals surface area (Å²) in [5, 5.41) is 12.2. The SMILES string of the molecule is N=Cc1ccc(C(=O)NCc2ccc(F)cc2Cl)c2ccccc12. The Labute approximate surface area is 143 Å². The van der Waals surface area contributed by atoms with Crippen LogP contribution >= 0.6 is 11.6 Å². The zero-order chi connectivity index (χ0) is 17.1. The summed E-state index contributed by atoms with van der Waals surface area (Å²) in [6.45, 7) is 0.207. The third-order valence-corrected chi connectivity index (χ3v) is 4.16. The first-order chi connectivity index (χ1) is 11.6. The van der Waals surface area contributed by atoms with E-state index < -0.39 is 5.82 Å². The van der Waals surface area contributed by atoms with E-state index in [4.69, 9.17) is 17.0 Å². The van der Waals surface area contributed by atoms with Crippen LogP contribution < -0.4 is 5.32 Å². The van der Waals surface area contributed by atoms with E-state index in [-0.39, 0.29) is 17.5 Å². The van der Waals surface area contributed by atoms with Crippen LogP contribution in [0.3, 0.4) is 0 Å². The molecule has 1 amide bonds. The van der Waals surface area contributed by atoms with Gasteiger partial charge in [-0.05, 0) is 40.1 Å². The van der Waals surface area contributed by atoms with Gasteiger partial charge in [-0.3, -0.25) is 4.79 Å². The van der Waals surface area contributed by atoms with E-state index in [2.05, 4.69) is 5.32 Å². The second-order valence-corrected chi connectivity index (χ2v) is 5.72. The van der Waals surface area contributed by atoms with Crippen molar-refractivity contribution in [2.75, 3.05) is 0 Å². The molecule has 3 rings (SSSR count). The lowest BCUT2D eigenvalue weighted by Gasteiger charge is -2.10. The van der Waals surface area contributed by atoms with Crippen molar-refractivity contribution in [2.24, 2.45) is 0 Å². The van der Waals surface area contributed by atoms with Crippen molar-refractivity contribution in [2.45, 2.75) is 6.54 Å². The zero-order valence-corrected chi connectivity index (χ0v) is 13.4. The lowest BCUT2D eigenvalue weighted by molar-refractivity contribution is 0.0952. The predicted octanol–water partition coefficient (Wildman–Crippen LogP) is 4.56. The average molecular weight is 341 g/mol. The van der Waals surface area contributed by atoms with Gasteiger partial charge < -0.3 is 10.7 Å². The van der Waals surface area contributed by atoms with Gasteiger partial charge >= 0.3 is 0 Å². The summed E-state index contributed by atoms with van der Waals surface area (Å²) in [6.07, 6.45) is 1.27. The normalized spacial score (nSPS) is 10.6. The first-order valence-electron chi connectivity index (χ1n) is 7.34. The molecule has 0 aliphatic rings. The van der Waals surface area contributed by atoms with Crippen LogP contribution in [0.25, 0.3) is 10.8 Å². The number of rotatable bonds is 4. The summed E-state index contributed by atoms with van der Waals surface area (Å²) in [6, 6.07) is 15.0. The van der Waals surface area contributed by atoms with Crippen molar-refractivity contribution < 1.29 is 9.18 Å². The highest BCUT2D eigenvalue weighted by Gasteiger charge is 2.12. The molecule has 2 N–H and O–H groups in total. The van der Waals surface area contributed by atoms with Crippen molar-refractivity contribution in [3.05, 3.63) is 82.1 Å². The number of hydrogen-bond donors (Lipinski definition) is 2. The molecular formula is C19H14ClFN2O. The van der Waals surface area contributed by atoms with Crippen molar-refractivity contribution in [1.82, 2.24) is 5.32 Å². The highest BCUT2D eigenvalue weighted by Crippen LogP contribution is 2.22. The van der Waals surface area contributed by atoms with Gasteiger partial charge in [-0.2, -0.15) is 0 Å². The fourth-order valence-electron chi connectivity index (χ4n) is 2.58. The Morgan fingerprint density at radius 1 is 1.12 bits per heavy atom. The number of fused-ring (bicyclic) bond motifs is 1. The molecule has 120 valence electrons. The third-order valence-electron chi connectivity index (χ3n) is 3.81. The number of hydrogen-bond acceptors (Lipinski definition) is 2. The Morgan fingerprint density at radius 3 is 2.58 bits per heavy atom. The molecular weight excluding hydrogens is 327 g/mol. The van der Waals surface area contributed by atoms with Crippen molar-refractivity contribution in [3.8, 4) is 0 Å². The molecule has 0 aliphatic carbocycles. The van der Waals surface area contributed by atoms with Crippen LogP contribution in [0.2, 0.25) is 5.02 Å². The Kier molecular flexibility index (Phi) is 4.58. The molecule has 3 nitrogen and oxygen atoms in total. The number of carbonyl (C=O) groups is 1. The van der Waals surface area contributed by atoms with Crippen LogP contribution in [0, 0.1) is 11.2 Å². The first-order valence-corrected chi connectivity index (χ1v) is 7.72. The smallest absolute Gasteiger partial charge is 0.252 e. The summed E-state index contributed by atoms with van der Waals surface area (Å²) in [4.78, 5) is 12.5. The van der Waals surface area contributed by atoms with Crippen molar-refractivity contribution in [1.29, 1.82) is 5.41 Å². The van der Waals surface area contributed by atoms with Gasteiger partial charge in [-0.1, -0.05) is 48.0 Å². The second kappa shape index (κ2) is 6.81.